The molecule has 98 valence electrons. The van der Waals surface area contributed by atoms with E-state index in [0.717, 1.165) is 24.7 Å². The van der Waals surface area contributed by atoms with Crippen LogP contribution in [0.3, 0.4) is 0 Å². The minimum atomic E-state index is -0.647. The first-order valence-corrected chi connectivity index (χ1v) is 6.13. The van der Waals surface area contributed by atoms with Crippen LogP contribution in [-0.2, 0) is 6.42 Å². The van der Waals surface area contributed by atoms with E-state index in [0.29, 0.717) is 17.7 Å². The van der Waals surface area contributed by atoms with Crippen molar-refractivity contribution in [3.63, 3.8) is 0 Å². The number of furan rings is 1. The summed E-state index contributed by atoms with van der Waals surface area (Å²) in [7, 11) is 0. The molecule has 1 aromatic carbocycles. The van der Waals surface area contributed by atoms with E-state index in [1.807, 2.05) is 0 Å². The van der Waals surface area contributed by atoms with Gasteiger partial charge in [-0.05, 0) is 37.1 Å². The average Bonchev–Trinajstić information content (AvgIpc) is 2.67. The molecule has 0 unspecified atom stereocenters. The third kappa shape index (κ3) is 2.88. The van der Waals surface area contributed by atoms with Gasteiger partial charge in [0.15, 0.2) is 11.4 Å². The summed E-state index contributed by atoms with van der Waals surface area (Å²) in [5.41, 5.74) is 0.968. The van der Waals surface area contributed by atoms with Crippen LogP contribution in [0.25, 0.3) is 11.0 Å². The minimum Gasteiger partial charge on any atom is -0.461 e. The number of halogens is 2. The van der Waals surface area contributed by atoms with Crippen molar-refractivity contribution in [3.05, 3.63) is 35.6 Å². The first-order chi connectivity index (χ1) is 8.58. The predicted molar refractivity (Wildman–Crippen MR) is 67.5 cm³/mol. The molecule has 2 nitrogen and oxygen atoms in total. The van der Waals surface area contributed by atoms with Crippen LogP contribution >= 0.6 is 0 Å². The fourth-order valence-electron chi connectivity index (χ4n) is 1.92. The van der Waals surface area contributed by atoms with E-state index in [1.54, 1.807) is 0 Å². The first kappa shape index (κ1) is 13.0. The molecule has 0 aliphatic heterocycles. The predicted octanol–water partition coefficient (Wildman–Crippen LogP) is 3.50. The van der Waals surface area contributed by atoms with Crippen LogP contribution in [0.15, 0.2) is 22.8 Å². The lowest BCUT2D eigenvalue weighted by molar-refractivity contribution is 0.541. The van der Waals surface area contributed by atoms with Crippen LogP contribution in [0.4, 0.5) is 8.78 Å². The molecule has 0 bridgehead atoms. The molecule has 0 spiro atoms. The van der Waals surface area contributed by atoms with Gasteiger partial charge in [-0.15, -0.1) is 0 Å². The van der Waals surface area contributed by atoms with E-state index in [2.05, 4.69) is 19.2 Å². The molecule has 1 N–H and O–H groups in total. The molecule has 0 saturated carbocycles. The number of nitrogens with one attached hydrogen (secondary N) is 1. The smallest absolute Gasteiger partial charge is 0.169 e. The van der Waals surface area contributed by atoms with Gasteiger partial charge in [-0.25, -0.2) is 8.78 Å². The van der Waals surface area contributed by atoms with Gasteiger partial charge in [0.05, 0.1) is 6.26 Å². The summed E-state index contributed by atoms with van der Waals surface area (Å²) in [4.78, 5) is 0. The molecule has 2 aromatic rings. The van der Waals surface area contributed by atoms with Crippen molar-refractivity contribution in [3.8, 4) is 0 Å². The fourth-order valence-corrected chi connectivity index (χ4v) is 1.92. The Hall–Kier alpha value is -1.42. The van der Waals surface area contributed by atoms with Crippen LogP contribution in [0, 0.1) is 17.6 Å². The molecule has 0 aliphatic rings. The maximum absolute atomic E-state index is 13.4. The number of benzene rings is 1. The summed E-state index contributed by atoms with van der Waals surface area (Å²) in [6.45, 7) is 5.96. The Kier molecular flexibility index (Phi) is 3.97. The van der Waals surface area contributed by atoms with Gasteiger partial charge in [-0.1, -0.05) is 13.8 Å². The van der Waals surface area contributed by atoms with E-state index in [1.165, 1.54) is 12.3 Å². The zero-order chi connectivity index (χ0) is 13.1. The monoisotopic (exact) mass is 253 g/mol. The molecule has 0 aliphatic carbocycles. The second kappa shape index (κ2) is 5.48. The first-order valence-electron chi connectivity index (χ1n) is 6.13. The Morgan fingerprint density at radius 2 is 2.06 bits per heavy atom. The van der Waals surface area contributed by atoms with Crippen LogP contribution in [0.5, 0.6) is 0 Å². The van der Waals surface area contributed by atoms with Gasteiger partial charge in [-0.3, -0.25) is 0 Å². The molecular weight excluding hydrogens is 236 g/mol. The van der Waals surface area contributed by atoms with E-state index in [4.69, 9.17) is 4.42 Å². The molecule has 0 amide bonds. The minimum absolute atomic E-state index is 0.134. The Labute approximate surface area is 105 Å². The molecule has 0 atom stereocenters. The normalized spacial score (nSPS) is 11.6. The number of fused-ring (bicyclic) bond motifs is 1. The van der Waals surface area contributed by atoms with E-state index in [9.17, 15) is 8.78 Å². The quantitative estimate of drug-likeness (QED) is 0.825. The summed E-state index contributed by atoms with van der Waals surface area (Å²) in [5.74, 6) is -0.634. The highest BCUT2D eigenvalue weighted by atomic mass is 19.1. The molecule has 1 aromatic heterocycles. The van der Waals surface area contributed by atoms with Crippen molar-refractivity contribution >= 4 is 11.0 Å². The van der Waals surface area contributed by atoms with E-state index >= 15 is 0 Å². The molecule has 0 fully saturated rings. The van der Waals surface area contributed by atoms with Gasteiger partial charge >= 0.3 is 0 Å². The molecule has 1 heterocycles. The van der Waals surface area contributed by atoms with Crippen LogP contribution < -0.4 is 5.32 Å². The van der Waals surface area contributed by atoms with Gasteiger partial charge in [0, 0.05) is 11.5 Å². The lowest BCUT2D eigenvalue weighted by Gasteiger charge is -2.06. The van der Waals surface area contributed by atoms with Crippen LogP contribution in [-0.4, -0.2) is 13.1 Å². The Morgan fingerprint density at radius 1 is 1.28 bits per heavy atom. The van der Waals surface area contributed by atoms with Crippen molar-refractivity contribution in [2.45, 2.75) is 20.3 Å². The Bertz CT molecular complexity index is 534. The molecule has 18 heavy (non-hydrogen) atoms. The van der Waals surface area contributed by atoms with Crippen LogP contribution in [0.1, 0.15) is 19.4 Å². The van der Waals surface area contributed by atoms with Gasteiger partial charge in [0.25, 0.3) is 0 Å². The molecular formula is C14H17F2NO. The number of hydrogen-bond acceptors (Lipinski definition) is 2. The number of rotatable bonds is 5. The lowest BCUT2D eigenvalue weighted by atomic mass is 10.1. The van der Waals surface area contributed by atoms with E-state index in [-0.39, 0.29) is 5.58 Å². The van der Waals surface area contributed by atoms with Gasteiger partial charge in [0.1, 0.15) is 5.82 Å². The van der Waals surface area contributed by atoms with Gasteiger partial charge < -0.3 is 9.73 Å². The third-order valence-electron chi connectivity index (χ3n) is 2.80. The largest absolute Gasteiger partial charge is 0.461 e. The maximum Gasteiger partial charge on any atom is 0.169 e. The highest BCUT2D eigenvalue weighted by molar-refractivity contribution is 5.81. The van der Waals surface area contributed by atoms with Gasteiger partial charge in [0.2, 0.25) is 0 Å². The van der Waals surface area contributed by atoms with E-state index < -0.39 is 11.6 Å². The van der Waals surface area contributed by atoms with Crippen molar-refractivity contribution in [2.24, 2.45) is 5.92 Å². The summed E-state index contributed by atoms with van der Waals surface area (Å²) in [5, 5.41) is 3.81. The standard InChI is InChI=1S/C14H17F2NO/c1-9(2)7-17-4-3-10-8-18-14-12(10)5-11(15)6-13(14)16/h5-6,8-9,17H,3-4,7H2,1-2H3. The second-order valence-electron chi connectivity index (χ2n) is 4.87. The molecule has 4 heteroatoms. The summed E-state index contributed by atoms with van der Waals surface area (Å²) in [6, 6.07) is 2.16. The summed E-state index contributed by atoms with van der Waals surface area (Å²) >= 11 is 0. The highest BCUT2D eigenvalue weighted by Crippen LogP contribution is 2.25. The van der Waals surface area contributed by atoms with Crippen molar-refractivity contribution in [1.82, 2.24) is 5.32 Å². The van der Waals surface area contributed by atoms with Crippen molar-refractivity contribution < 1.29 is 13.2 Å². The summed E-state index contributed by atoms with van der Waals surface area (Å²) < 4.78 is 31.7. The SMILES string of the molecule is CC(C)CNCCc1coc2c(F)cc(F)cc12. The highest BCUT2D eigenvalue weighted by Gasteiger charge is 2.11. The average molecular weight is 253 g/mol. The number of hydrogen-bond donors (Lipinski definition) is 1. The maximum atomic E-state index is 13.4. The van der Waals surface area contributed by atoms with Crippen molar-refractivity contribution in [2.75, 3.05) is 13.1 Å². The Balaban J connectivity index is 2.09. The summed E-state index contributed by atoms with van der Waals surface area (Å²) in [6.07, 6.45) is 2.20. The molecule has 2 rings (SSSR count). The fraction of sp³-hybridized carbons (Fsp3) is 0.429. The zero-order valence-electron chi connectivity index (χ0n) is 10.6. The topological polar surface area (TPSA) is 25.2 Å². The molecule has 0 radical (unpaired) electrons. The molecule has 0 saturated heterocycles. The van der Waals surface area contributed by atoms with Crippen LogP contribution in [0.2, 0.25) is 0 Å². The lowest BCUT2D eigenvalue weighted by Crippen LogP contribution is -2.22. The van der Waals surface area contributed by atoms with Crippen molar-refractivity contribution in [1.29, 1.82) is 0 Å². The Morgan fingerprint density at radius 3 is 2.78 bits per heavy atom. The second-order valence-corrected chi connectivity index (χ2v) is 4.87. The zero-order valence-corrected chi connectivity index (χ0v) is 10.6. The third-order valence-corrected chi connectivity index (χ3v) is 2.80. The van der Waals surface area contributed by atoms with Gasteiger partial charge in [-0.2, -0.15) is 0 Å².